The van der Waals surface area contributed by atoms with E-state index in [0.29, 0.717) is 83.7 Å². The first kappa shape index (κ1) is 75.5. The molecule has 0 spiro atoms. The molecule has 0 bridgehead atoms. The molecule has 4 N–H and O–H groups in total. The number of halogens is 3. The summed E-state index contributed by atoms with van der Waals surface area (Å²) in [5.41, 5.74) is 7.67. The van der Waals surface area contributed by atoms with E-state index in [4.69, 9.17) is 20.4 Å². The zero-order chi connectivity index (χ0) is 80.0. The molecule has 17 rings (SSSR count). The minimum Gasteiger partial charge on any atom is -0.382 e. The van der Waals surface area contributed by atoms with Gasteiger partial charge in [0.25, 0.3) is 5.91 Å². The molecule has 5 amide bonds. The number of anilines is 4. The SMILES string of the molecule is CC(=O)c1cc2nn([C@H]3CC[C@H](CN4CCN(c5cccc6c5n(C)c(=O)n6C5CCC(=O)NC5=O)CC4)C(C4C[C@@H](n5cc(-c6cnc(-c7ccc8cc(C#N)cnn78)cc6NC(C)C)nn5)CC[C@@H]4CN4CCN(c5cccc6c5n(C)c(=O)n6C5CCC(=O)NC5=O)CC4)C3)cc2cc1NC(=O)c1cccc(C(F)(F)F)n1. The van der Waals surface area contributed by atoms with Crippen molar-refractivity contribution in [3.05, 3.63) is 159 Å². The van der Waals surface area contributed by atoms with E-state index in [-0.39, 0.29) is 108 Å². The van der Waals surface area contributed by atoms with Gasteiger partial charge in [-0.1, -0.05) is 23.4 Å². The predicted octanol–water partition coefficient (Wildman–Crippen LogP) is 9.09. The van der Waals surface area contributed by atoms with E-state index in [1.54, 1.807) is 45.9 Å². The number of aryl methyl sites for hydroxylation is 2. The molecule has 4 unspecified atom stereocenters. The molecule has 11 aromatic rings. The van der Waals surface area contributed by atoms with Crippen LogP contribution in [0.4, 0.5) is 35.9 Å². The summed E-state index contributed by atoms with van der Waals surface area (Å²) < 4.78 is 53.6. The summed E-state index contributed by atoms with van der Waals surface area (Å²) >= 11 is 0. The molecule has 6 fully saturated rings. The number of imide groups is 2. The van der Waals surface area contributed by atoms with Crippen molar-refractivity contribution in [3.8, 4) is 28.7 Å². The number of para-hydroxylation sites is 2. The molecule has 12 heterocycles. The van der Waals surface area contributed by atoms with Gasteiger partial charge in [0.15, 0.2) is 5.78 Å². The second kappa shape index (κ2) is 30.3. The van der Waals surface area contributed by atoms with Gasteiger partial charge >= 0.3 is 17.6 Å². The Labute approximate surface area is 656 Å². The minimum absolute atomic E-state index is 0.0320. The van der Waals surface area contributed by atoms with Gasteiger partial charge in [0.2, 0.25) is 23.6 Å². The van der Waals surface area contributed by atoms with Crippen LogP contribution in [0, 0.1) is 35.0 Å². The molecule has 115 heavy (non-hydrogen) atoms. The lowest BCUT2D eigenvalue weighted by Crippen LogP contribution is -2.52. The number of pyridine rings is 2. The van der Waals surface area contributed by atoms with Gasteiger partial charge in [-0.2, -0.15) is 28.6 Å². The first-order chi connectivity index (χ1) is 55.4. The molecule has 594 valence electrons. The summed E-state index contributed by atoms with van der Waals surface area (Å²) in [6.45, 7) is 12.6. The number of amides is 5. The highest BCUT2D eigenvalue weighted by Crippen LogP contribution is 2.51. The fourth-order valence-electron chi connectivity index (χ4n) is 18.9. The molecule has 2 aliphatic carbocycles. The van der Waals surface area contributed by atoms with E-state index in [1.807, 2.05) is 82.6 Å². The summed E-state index contributed by atoms with van der Waals surface area (Å²) in [5, 5.41) is 41.1. The lowest BCUT2D eigenvalue weighted by atomic mass is 9.62. The molecule has 8 aromatic heterocycles. The highest BCUT2D eigenvalue weighted by atomic mass is 19.4. The Morgan fingerprint density at radius 3 is 1.79 bits per heavy atom. The molecular formula is C82H87F3N22O8. The van der Waals surface area contributed by atoms with E-state index in [9.17, 15) is 56.8 Å². The van der Waals surface area contributed by atoms with Gasteiger partial charge in [-0.3, -0.25) is 77.1 Å². The lowest BCUT2D eigenvalue weighted by Gasteiger charge is -2.49. The summed E-state index contributed by atoms with van der Waals surface area (Å²) in [7, 11) is 3.45. The number of piperazine rings is 2. The van der Waals surface area contributed by atoms with Crippen LogP contribution in [0.15, 0.2) is 125 Å². The molecule has 6 aliphatic rings. The van der Waals surface area contributed by atoms with Gasteiger partial charge in [0.05, 0.1) is 91.6 Å². The van der Waals surface area contributed by atoms with Crippen molar-refractivity contribution >= 4 is 96.6 Å². The molecule has 30 nitrogen and oxygen atoms in total. The number of carbonyl (C=O) groups excluding carboxylic acids is 6. The van der Waals surface area contributed by atoms with Crippen molar-refractivity contribution in [3.63, 3.8) is 0 Å². The second-order valence-electron chi connectivity index (χ2n) is 31.9. The van der Waals surface area contributed by atoms with Crippen molar-refractivity contribution in [1.29, 1.82) is 5.26 Å². The summed E-state index contributed by atoms with van der Waals surface area (Å²) in [4.78, 5) is 125. The zero-order valence-corrected chi connectivity index (χ0v) is 64.3. The topological polar surface area (TPSA) is 333 Å². The van der Waals surface area contributed by atoms with Crippen molar-refractivity contribution in [2.24, 2.45) is 37.8 Å². The molecule has 4 saturated heterocycles. The van der Waals surface area contributed by atoms with E-state index in [0.717, 1.165) is 116 Å². The molecule has 2 saturated carbocycles. The van der Waals surface area contributed by atoms with Crippen LogP contribution in [0.3, 0.4) is 0 Å². The maximum absolute atomic E-state index is 14.1. The third-order valence-electron chi connectivity index (χ3n) is 24.5. The molecule has 0 radical (unpaired) electrons. The Bertz CT molecular complexity index is 5900. The minimum atomic E-state index is -4.80. The lowest BCUT2D eigenvalue weighted by molar-refractivity contribution is -0.141. The number of benzene rings is 3. The van der Waals surface area contributed by atoms with Crippen LogP contribution in [-0.4, -0.2) is 179 Å². The smallest absolute Gasteiger partial charge is 0.382 e. The summed E-state index contributed by atoms with van der Waals surface area (Å²) in [6.07, 6.45) is 7.96. The Morgan fingerprint density at radius 1 is 0.652 bits per heavy atom. The fourth-order valence-corrected chi connectivity index (χ4v) is 18.9. The van der Waals surface area contributed by atoms with Crippen molar-refractivity contribution in [2.45, 2.75) is 121 Å². The number of carbonyl (C=O) groups is 6. The largest absolute Gasteiger partial charge is 0.433 e. The average molecular weight is 1570 g/mol. The number of hydrogen-bond donors (Lipinski definition) is 4. The number of nitriles is 1. The van der Waals surface area contributed by atoms with Crippen LogP contribution in [-0.2, 0) is 39.4 Å². The molecular weight excluding hydrogens is 1480 g/mol. The van der Waals surface area contributed by atoms with Crippen molar-refractivity contribution in [2.75, 3.05) is 85.9 Å². The number of alkyl halides is 3. The number of nitrogens with one attached hydrogen (secondary N) is 4. The number of rotatable bonds is 18. The molecule has 4 aliphatic heterocycles. The van der Waals surface area contributed by atoms with E-state index >= 15 is 0 Å². The third-order valence-corrected chi connectivity index (χ3v) is 24.5. The normalized spacial score (nSPS) is 22.2. The van der Waals surface area contributed by atoms with Crippen LogP contribution in [0.1, 0.15) is 141 Å². The molecule has 33 heteroatoms. The Morgan fingerprint density at radius 2 is 1.23 bits per heavy atom. The first-order valence-electron chi connectivity index (χ1n) is 39.4. The monoisotopic (exact) mass is 1560 g/mol. The number of nitrogens with zero attached hydrogens (tertiary/aromatic N) is 18. The summed E-state index contributed by atoms with van der Waals surface area (Å²) in [5.74, 6) is -2.45. The van der Waals surface area contributed by atoms with Crippen molar-refractivity contribution < 1.29 is 41.9 Å². The summed E-state index contributed by atoms with van der Waals surface area (Å²) in [6, 6.07) is 25.9. The highest BCUT2D eigenvalue weighted by molar-refractivity contribution is 6.11. The van der Waals surface area contributed by atoms with Gasteiger partial charge < -0.3 is 20.4 Å². The van der Waals surface area contributed by atoms with Gasteiger partial charge in [-0.05, 0) is 169 Å². The van der Waals surface area contributed by atoms with Crippen LogP contribution in [0.5, 0.6) is 0 Å². The Kier molecular flexibility index (Phi) is 19.9. The number of imidazole rings is 2. The van der Waals surface area contributed by atoms with Crippen molar-refractivity contribution in [1.82, 2.24) is 83.1 Å². The Balaban J connectivity index is 0.702. The number of hydrogen-bond acceptors (Lipinski definition) is 20. The van der Waals surface area contributed by atoms with Gasteiger partial charge in [-0.15, -0.1) is 5.10 Å². The van der Waals surface area contributed by atoms with Gasteiger partial charge in [-0.25, -0.2) is 23.8 Å². The van der Waals surface area contributed by atoms with Gasteiger partial charge in [0, 0.05) is 133 Å². The maximum atomic E-state index is 14.1. The molecule has 3 aromatic carbocycles. The number of Topliss-reactive ketones (excluding diaryl/α,β-unsaturated/α-hetero) is 1. The third kappa shape index (κ3) is 14.4. The van der Waals surface area contributed by atoms with Crippen LogP contribution >= 0.6 is 0 Å². The van der Waals surface area contributed by atoms with E-state index < -0.39 is 47.4 Å². The maximum Gasteiger partial charge on any atom is 0.433 e. The number of ketones is 1. The fraction of sp³-hybridized carbons (Fsp3) is 0.427. The average Bonchev–Trinajstić information content (AvgIpc) is 1.61. The quantitative estimate of drug-likeness (QED) is 0.0459. The standard InChI is InChI=1S/C82H87F3N22O8/c1-46(2)89-62-38-63(65-20-19-54-33-48(39-86)40-88-107(54)65)87-41-58(62)64-45-104(96-94-64)53-18-16-50(43-100-27-31-102(32-28-100)67-11-8-13-69-76(67)98(5)81(115)106(69)71-22-24-74(110)93-79(71)113)57(36-53)56-35-52(103-44-51-34-61(55(47(3)108)37-60(51)95-103)91-77(111)59-9-6-14-72(90-59)82(83,84)85)17-15-49(56)42-99-25-29-101(30-26-99)66-10-7-12-68-75(66)97(4)80(114)105(68)70-21-23-73(109)92-78(70)112/h6-14,19-20,33-34,37-38,40-41,44-46,49-50,52-53,56-57,70-71H,15-18,21-32,35-36,42-43H2,1-5H3,(H,87,89)(H,91,111)(H,92,109,112)(H,93,110,113)/t49-,50-,52+,53+,56?,57?,70?,71?/m1/s1. The zero-order valence-electron chi connectivity index (χ0n) is 64.3. The van der Waals surface area contributed by atoms with Gasteiger partial charge in [0.1, 0.15) is 35.2 Å². The van der Waals surface area contributed by atoms with Crippen LogP contribution in [0.2, 0.25) is 0 Å². The number of piperidine rings is 2. The van der Waals surface area contributed by atoms with E-state index in [2.05, 4.69) is 70.9 Å². The number of fused-ring (bicyclic) bond motifs is 4. The predicted molar refractivity (Wildman–Crippen MR) is 422 cm³/mol. The number of aromatic nitrogens is 13. The van der Waals surface area contributed by atoms with E-state index in [1.165, 1.54) is 28.3 Å². The molecule has 8 atom stereocenters. The second-order valence-corrected chi connectivity index (χ2v) is 31.9. The Hall–Kier alpha value is -12.2. The highest BCUT2D eigenvalue weighted by Gasteiger charge is 2.46. The van der Waals surface area contributed by atoms with Crippen LogP contribution in [0.25, 0.3) is 61.1 Å². The van der Waals surface area contributed by atoms with Crippen LogP contribution < -0.4 is 42.4 Å². The first-order valence-corrected chi connectivity index (χ1v) is 39.4.